The van der Waals surface area contributed by atoms with Crippen LogP contribution in [-0.4, -0.2) is 21.6 Å². The minimum atomic E-state index is -0.552. The van der Waals surface area contributed by atoms with E-state index in [9.17, 15) is 9.59 Å². The molecule has 0 bridgehead atoms. The molecule has 0 saturated carbocycles. The third-order valence-electron chi connectivity index (χ3n) is 2.85. The Bertz CT molecular complexity index is 735. The predicted molar refractivity (Wildman–Crippen MR) is 74.8 cm³/mol. The van der Waals surface area contributed by atoms with E-state index < -0.39 is 11.2 Å². The number of H-pyrrole nitrogens is 1. The summed E-state index contributed by atoms with van der Waals surface area (Å²) >= 11 is 0. The first-order valence-electron chi connectivity index (χ1n) is 5.84. The minimum Gasteiger partial charge on any atom is -0.481 e. The largest absolute Gasteiger partial charge is 0.481 e. The number of ether oxygens (including phenoxy) is 1. The van der Waals surface area contributed by atoms with E-state index in [4.69, 9.17) is 10.5 Å². The van der Waals surface area contributed by atoms with E-state index in [0.29, 0.717) is 12.4 Å². The van der Waals surface area contributed by atoms with E-state index in [1.54, 1.807) is 18.3 Å². The van der Waals surface area contributed by atoms with Crippen molar-refractivity contribution < 1.29 is 4.74 Å². The van der Waals surface area contributed by atoms with Crippen molar-refractivity contribution in [3.8, 4) is 5.88 Å². The van der Waals surface area contributed by atoms with Crippen LogP contribution in [-0.2, 0) is 13.6 Å². The molecule has 8 heteroatoms. The Hall–Kier alpha value is -2.77. The van der Waals surface area contributed by atoms with Gasteiger partial charge in [-0.1, -0.05) is 0 Å². The van der Waals surface area contributed by atoms with Crippen LogP contribution in [0.15, 0.2) is 27.9 Å². The molecule has 0 aliphatic rings. The Morgan fingerprint density at radius 3 is 2.95 bits per heavy atom. The second kappa shape index (κ2) is 5.47. The number of hydrogen-bond acceptors (Lipinski definition) is 6. The number of nitrogens with two attached hydrogens (primary N) is 1. The number of rotatable bonds is 4. The molecule has 20 heavy (non-hydrogen) atoms. The highest BCUT2D eigenvalue weighted by molar-refractivity contribution is 5.60. The number of hydrogen-bond donors (Lipinski definition) is 3. The molecular weight excluding hydrogens is 262 g/mol. The van der Waals surface area contributed by atoms with Crippen molar-refractivity contribution in [3.63, 3.8) is 0 Å². The van der Waals surface area contributed by atoms with Crippen molar-refractivity contribution >= 4 is 11.5 Å². The highest BCUT2D eigenvalue weighted by Crippen LogP contribution is 2.13. The second-order valence-electron chi connectivity index (χ2n) is 4.14. The van der Waals surface area contributed by atoms with Crippen LogP contribution in [0.25, 0.3) is 0 Å². The monoisotopic (exact) mass is 277 g/mol. The number of nitrogens with zero attached hydrogens (tertiary/aromatic N) is 2. The van der Waals surface area contributed by atoms with Crippen LogP contribution in [0.3, 0.4) is 0 Å². The average molecular weight is 277 g/mol. The molecule has 0 spiro atoms. The number of nitrogens with one attached hydrogen (secondary N) is 2. The Balaban J connectivity index is 2.25. The average Bonchev–Trinajstić information content (AvgIpc) is 2.45. The molecule has 0 aromatic carbocycles. The Morgan fingerprint density at radius 1 is 1.50 bits per heavy atom. The lowest BCUT2D eigenvalue weighted by Crippen LogP contribution is -2.32. The van der Waals surface area contributed by atoms with E-state index >= 15 is 0 Å². The van der Waals surface area contributed by atoms with Gasteiger partial charge in [0.15, 0.2) is 0 Å². The number of methoxy groups -OCH3 is 1. The summed E-state index contributed by atoms with van der Waals surface area (Å²) in [5.41, 5.74) is 5.67. The van der Waals surface area contributed by atoms with Crippen molar-refractivity contribution in [2.75, 3.05) is 18.2 Å². The first-order chi connectivity index (χ1) is 9.52. The van der Waals surface area contributed by atoms with Gasteiger partial charge >= 0.3 is 5.69 Å². The Labute approximate surface area is 114 Å². The topological polar surface area (TPSA) is 115 Å². The zero-order valence-corrected chi connectivity index (χ0v) is 11.1. The van der Waals surface area contributed by atoms with Gasteiger partial charge in [0.1, 0.15) is 11.5 Å². The van der Waals surface area contributed by atoms with Gasteiger partial charge < -0.3 is 15.8 Å². The van der Waals surface area contributed by atoms with E-state index in [-0.39, 0.29) is 11.5 Å². The lowest BCUT2D eigenvalue weighted by atomic mass is 10.2. The maximum absolute atomic E-state index is 11.7. The number of anilines is 2. The maximum Gasteiger partial charge on any atom is 0.329 e. The van der Waals surface area contributed by atoms with Gasteiger partial charge in [-0.25, -0.2) is 9.78 Å². The summed E-state index contributed by atoms with van der Waals surface area (Å²) in [7, 11) is 3.00. The van der Waals surface area contributed by atoms with E-state index in [1.165, 1.54) is 14.2 Å². The number of aromatic amines is 1. The molecule has 0 fully saturated rings. The molecule has 0 atom stereocenters. The van der Waals surface area contributed by atoms with E-state index in [1.807, 2.05) is 0 Å². The normalized spacial score (nSPS) is 10.3. The number of nitrogen functional groups attached to an aromatic ring is 1. The maximum atomic E-state index is 11.7. The van der Waals surface area contributed by atoms with Crippen LogP contribution in [0.4, 0.5) is 11.5 Å². The van der Waals surface area contributed by atoms with E-state index in [0.717, 1.165) is 10.1 Å². The van der Waals surface area contributed by atoms with Crippen LogP contribution in [0.1, 0.15) is 5.56 Å². The van der Waals surface area contributed by atoms with Gasteiger partial charge in [0.05, 0.1) is 7.11 Å². The Morgan fingerprint density at radius 2 is 2.25 bits per heavy atom. The van der Waals surface area contributed by atoms with Gasteiger partial charge in [-0.3, -0.25) is 14.3 Å². The van der Waals surface area contributed by atoms with Crippen molar-refractivity contribution in [2.45, 2.75) is 6.54 Å². The fourth-order valence-electron chi connectivity index (χ4n) is 1.67. The SMILES string of the molecule is COc1cc(CNc2c(N)n(C)c(=O)[nH]c2=O)ccn1. The van der Waals surface area contributed by atoms with Crippen molar-refractivity contribution in [1.82, 2.24) is 14.5 Å². The summed E-state index contributed by atoms with van der Waals surface area (Å²) in [5, 5.41) is 2.91. The third-order valence-corrected chi connectivity index (χ3v) is 2.85. The van der Waals surface area contributed by atoms with Gasteiger partial charge in [0, 0.05) is 25.9 Å². The van der Waals surface area contributed by atoms with Crippen LogP contribution in [0, 0.1) is 0 Å². The summed E-state index contributed by atoms with van der Waals surface area (Å²) in [6.45, 7) is 0.352. The molecule has 0 amide bonds. The van der Waals surface area contributed by atoms with Crippen molar-refractivity contribution in [1.29, 1.82) is 0 Å². The van der Waals surface area contributed by atoms with Crippen LogP contribution in [0.2, 0.25) is 0 Å². The van der Waals surface area contributed by atoms with E-state index in [2.05, 4.69) is 15.3 Å². The first kappa shape index (κ1) is 13.7. The van der Waals surface area contributed by atoms with Crippen LogP contribution >= 0.6 is 0 Å². The summed E-state index contributed by atoms with van der Waals surface area (Å²) in [6.07, 6.45) is 1.60. The summed E-state index contributed by atoms with van der Waals surface area (Å²) in [6, 6.07) is 3.52. The molecule has 4 N–H and O–H groups in total. The molecule has 0 aliphatic heterocycles. The molecule has 2 rings (SSSR count). The zero-order chi connectivity index (χ0) is 14.7. The van der Waals surface area contributed by atoms with Gasteiger partial charge in [0.2, 0.25) is 5.88 Å². The molecule has 2 aromatic heterocycles. The molecule has 2 heterocycles. The molecule has 0 radical (unpaired) electrons. The first-order valence-corrected chi connectivity index (χ1v) is 5.84. The third kappa shape index (κ3) is 2.63. The molecule has 2 aromatic rings. The molecule has 8 nitrogen and oxygen atoms in total. The molecule has 0 aliphatic carbocycles. The molecule has 0 unspecified atom stereocenters. The number of pyridine rings is 1. The highest BCUT2D eigenvalue weighted by Gasteiger charge is 2.09. The smallest absolute Gasteiger partial charge is 0.329 e. The summed E-state index contributed by atoms with van der Waals surface area (Å²) in [4.78, 5) is 29.2. The Kier molecular flexibility index (Phi) is 3.74. The minimum absolute atomic E-state index is 0.0831. The standard InChI is InChI=1S/C12H15N5O3/c1-17-10(13)9(11(18)16-12(17)19)15-6-7-3-4-14-8(5-7)20-2/h3-5,15H,6,13H2,1-2H3,(H,16,18,19). The summed E-state index contributed by atoms with van der Waals surface area (Å²) < 4.78 is 6.18. The number of aromatic nitrogens is 3. The van der Waals surface area contributed by atoms with Gasteiger partial charge in [-0.15, -0.1) is 0 Å². The summed E-state index contributed by atoms with van der Waals surface area (Å²) in [5.74, 6) is 0.561. The molecule has 106 valence electrons. The lowest BCUT2D eigenvalue weighted by molar-refractivity contribution is 0.397. The molecule has 0 saturated heterocycles. The lowest BCUT2D eigenvalue weighted by Gasteiger charge is -2.11. The van der Waals surface area contributed by atoms with Crippen LogP contribution in [0.5, 0.6) is 5.88 Å². The fourth-order valence-corrected chi connectivity index (χ4v) is 1.67. The van der Waals surface area contributed by atoms with Gasteiger partial charge in [0.25, 0.3) is 5.56 Å². The predicted octanol–water partition coefficient (Wildman–Crippen LogP) is -0.328. The van der Waals surface area contributed by atoms with Crippen molar-refractivity contribution in [3.05, 3.63) is 44.7 Å². The second-order valence-corrected chi connectivity index (χ2v) is 4.14. The van der Waals surface area contributed by atoms with Crippen LogP contribution < -0.4 is 27.0 Å². The van der Waals surface area contributed by atoms with Gasteiger partial charge in [-0.2, -0.15) is 0 Å². The molecular formula is C12H15N5O3. The van der Waals surface area contributed by atoms with Crippen molar-refractivity contribution in [2.24, 2.45) is 7.05 Å². The zero-order valence-electron chi connectivity index (χ0n) is 11.1. The van der Waals surface area contributed by atoms with Gasteiger partial charge in [-0.05, 0) is 11.6 Å². The quantitative estimate of drug-likeness (QED) is 0.705. The fraction of sp³-hybridized carbons (Fsp3) is 0.250. The highest BCUT2D eigenvalue weighted by atomic mass is 16.5.